The van der Waals surface area contributed by atoms with Gasteiger partial charge in [-0.25, -0.2) is 5.43 Å². The number of hydrogen-bond donors (Lipinski definition) is 1. The molecule has 0 aliphatic heterocycles. The molecule has 0 unspecified atom stereocenters. The van der Waals surface area contributed by atoms with Gasteiger partial charge in [0.1, 0.15) is 6.61 Å². The lowest BCUT2D eigenvalue weighted by molar-refractivity contribution is -0.386. The Labute approximate surface area is 192 Å². The summed E-state index contributed by atoms with van der Waals surface area (Å²) in [7, 11) is 0. The molecule has 0 saturated carbocycles. The summed E-state index contributed by atoms with van der Waals surface area (Å²) in [6, 6.07) is 0.978. The molecule has 2 rings (SSSR count). The number of nitrogens with one attached hydrogen (secondary N) is 1. The summed E-state index contributed by atoms with van der Waals surface area (Å²) in [5, 5.41) is 24.7. The van der Waals surface area contributed by atoms with E-state index in [0.717, 1.165) is 12.1 Å². The summed E-state index contributed by atoms with van der Waals surface area (Å²) in [6.07, 6.45) is -6.21. The standard InChI is InChI=1S/C17H10BrF7N4O5/c18-12-5-10(7-26-27-17(24,25)15(19,20)16(21,22)23)6-13(29(32)33)14(12)34-8-9-1-3-11(4-2-9)28(30)31/h1-7,27H,8H2/b26-7-. The first-order chi connectivity index (χ1) is 15.6. The zero-order valence-corrected chi connectivity index (χ0v) is 17.7. The monoisotopic (exact) mass is 562 g/mol. The summed E-state index contributed by atoms with van der Waals surface area (Å²) in [6.45, 7) is -0.273. The normalized spacial score (nSPS) is 12.6. The van der Waals surface area contributed by atoms with Gasteiger partial charge in [0.05, 0.1) is 20.5 Å². The third kappa shape index (κ3) is 5.89. The zero-order valence-electron chi connectivity index (χ0n) is 16.2. The average Bonchev–Trinajstić information content (AvgIpc) is 2.71. The quantitative estimate of drug-likeness (QED) is 0.140. The van der Waals surface area contributed by atoms with Gasteiger partial charge in [0.2, 0.25) is 5.75 Å². The van der Waals surface area contributed by atoms with E-state index < -0.39 is 33.7 Å². The van der Waals surface area contributed by atoms with Gasteiger partial charge in [0.25, 0.3) is 5.69 Å². The van der Waals surface area contributed by atoms with Crippen LogP contribution in [0.4, 0.5) is 42.1 Å². The van der Waals surface area contributed by atoms with E-state index in [-0.39, 0.29) is 28.1 Å². The Hall–Kier alpha value is -3.50. The van der Waals surface area contributed by atoms with E-state index in [4.69, 9.17) is 4.74 Å². The molecule has 184 valence electrons. The molecule has 2 aromatic rings. The first-order valence-electron chi connectivity index (χ1n) is 8.53. The Morgan fingerprint density at radius 3 is 2.09 bits per heavy atom. The van der Waals surface area contributed by atoms with Gasteiger partial charge in [-0.05, 0) is 39.7 Å². The van der Waals surface area contributed by atoms with Gasteiger partial charge < -0.3 is 4.74 Å². The van der Waals surface area contributed by atoms with Gasteiger partial charge >= 0.3 is 23.8 Å². The van der Waals surface area contributed by atoms with E-state index in [2.05, 4.69) is 21.0 Å². The second-order valence-electron chi connectivity index (χ2n) is 6.34. The van der Waals surface area contributed by atoms with E-state index in [0.29, 0.717) is 17.2 Å². The maximum atomic E-state index is 13.2. The third-order valence-electron chi connectivity index (χ3n) is 3.94. The molecule has 0 bridgehead atoms. The highest BCUT2D eigenvalue weighted by Gasteiger charge is 2.73. The van der Waals surface area contributed by atoms with Crippen molar-refractivity contribution in [3.05, 3.63) is 72.2 Å². The zero-order chi connectivity index (χ0) is 25.9. The van der Waals surface area contributed by atoms with Crippen LogP contribution in [0.5, 0.6) is 5.75 Å². The Morgan fingerprint density at radius 1 is 1.00 bits per heavy atom. The fourth-order valence-electron chi connectivity index (χ4n) is 2.26. The number of ether oxygens (including phenoxy) is 1. The molecule has 0 fully saturated rings. The van der Waals surface area contributed by atoms with Crippen LogP contribution in [0.15, 0.2) is 46.0 Å². The van der Waals surface area contributed by atoms with E-state index in [1.165, 1.54) is 24.3 Å². The summed E-state index contributed by atoms with van der Waals surface area (Å²) in [5.41, 5.74) is -0.471. The molecule has 0 aliphatic rings. The van der Waals surface area contributed by atoms with Crippen LogP contribution in [-0.2, 0) is 6.61 Å². The lowest BCUT2D eigenvalue weighted by Crippen LogP contribution is -2.58. The highest BCUT2D eigenvalue weighted by molar-refractivity contribution is 9.10. The van der Waals surface area contributed by atoms with Gasteiger partial charge in [-0.1, -0.05) is 0 Å². The number of nitro groups is 2. The first kappa shape index (κ1) is 26.7. The van der Waals surface area contributed by atoms with Gasteiger partial charge in [0.15, 0.2) is 0 Å². The molecule has 17 heteroatoms. The third-order valence-corrected chi connectivity index (χ3v) is 4.53. The Morgan fingerprint density at radius 2 is 1.59 bits per heavy atom. The minimum atomic E-state index is -6.57. The van der Waals surface area contributed by atoms with Crippen molar-refractivity contribution < 1.29 is 45.3 Å². The summed E-state index contributed by atoms with van der Waals surface area (Å²) in [5.74, 6) is -6.79. The fraction of sp³-hybridized carbons (Fsp3) is 0.235. The van der Waals surface area contributed by atoms with Crippen molar-refractivity contribution in [2.75, 3.05) is 0 Å². The largest absolute Gasteiger partial charge is 0.481 e. The molecule has 9 nitrogen and oxygen atoms in total. The average molecular weight is 563 g/mol. The molecule has 34 heavy (non-hydrogen) atoms. The van der Waals surface area contributed by atoms with Gasteiger partial charge in [-0.3, -0.25) is 20.2 Å². The van der Waals surface area contributed by atoms with Crippen LogP contribution in [0, 0.1) is 20.2 Å². The van der Waals surface area contributed by atoms with Crippen LogP contribution in [0.2, 0.25) is 0 Å². The number of non-ortho nitro benzene ring substituents is 1. The van der Waals surface area contributed by atoms with Crippen molar-refractivity contribution in [1.82, 2.24) is 5.43 Å². The predicted molar refractivity (Wildman–Crippen MR) is 105 cm³/mol. The van der Waals surface area contributed by atoms with Crippen molar-refractivity contribution in [3.8, 4) is 5.75 Å². The fourth-order valence-corrected chi connectivity index (χ4v) is 2.84. The van der Waals surface area contributed by atoms with Crippen LogP contribution in [0.3, 0.4) is 0 Å². The molecule has 0 spiro atoms. The highest BCUT2D eigenvalue weighted by atomic mass is 79.9. The molecule has 0 atom stereocenters. The maximum Gasteiger partial charge on any atom is 0.462 e. The van der Waals surface area contributed by atoms with Crippen molar-refractivity contribution >= 4 is 33.5 Å². The summed E-state index contributed by atoms with van der Waals surface area (Å²) in [4.78, 5) is 20.4. The van der Waals surface area contributed by atoms with Crippen LogP contribution in [-0.4, -0.2) is 34.2 Å². The SMILES string of the molecule is O=[N+]([O-])c1ccc(COc2c(Br)cc(/C=N\NC(F)(F)C(F)(F)C(F)(F)F)cc2[N+](=O)[O-])cc1. The highest BCUT2D eigenvalue weighted by Crippen LogP contribution is 2.45. The van der Waals surface area contributed by atoms with E-state index in [1.807, 2.05) is 0 Å². The minimum Gasteiger partial charge on any atom is -0.481 e. The number of nitro benzene ring substituents is 2. The molecule has 0 aliphatic carbocycles. The Kier molecular flexibility index (Phi) is 7.69. The van der Waals surface area contributed by atoms with Gasteiger partial charge in [-0.15, -0.1) is 0 Å². The number of halogens is 8. The number of alkyl halides is 7. The molecule has 2 aromatic carbocycles. The Balaban J connectivity index is 2.23. The molecular formula is C17H10BrF7N4O5. The van der Waals surface area contributed by atoms with E-state index in [1.54, 1.807) is 0 Å². The van der Waals surface area contributed by atoms with Crippen LogP contribution in [0.25, 0.3) is 0 Å². The number of benzene rings is 2. The molecule has 0 amide bonds. The van der Waals surface area contributed by atoms with Gasteiger partial charge in [-0.2, -0.15) is 35.8 Å². The van der Waals surface area contributed by atoms with Crippen molar-refractivity contribution in [2.24, 2.45) is 5.10 Å². The van der Waals surface area contributed by atoms with E-state index >= 15 is 0 Å². The Bertz CT molecular complexity index is 1110. The van der Waals surface area contributed by atoms with E-state index in [9.17, 15) is 51.0 Å². The first-order valence-corrected chi connectivity index (χ1v) is 9.33. The molecular weight excluding hydrogens is 553 g/mol. The molecule has 1 N–H and O–H groups in total. The maximum absolute atomic E-state index is 13.2. The number of nitrogens with zero attached hydrogens (tertiary/aromatic N) is 3. The minimum absolute atomic E-state index is 0.113. The van der Waals surface area contributed by atoms with Crippen LogP contribution < -0.4 is 10.2 Å². The topological polar surface area (TPSA) is 120 Å². The lowest BCUT2D eigenvalue weighted by atomic mass is 10.2. The van der Waals surface area contributed by atoms with Crippen LogP contribution in [0.1, 0.15) is 11.1 Å². The number of hydrogen-bond acceptors (Lipinski definition) is 7. The second kappa shape index (κ2) is 9.78. The number of hydrazone groups is 1. The van der Waals surface area contributed by atoms with Gasteiger partial charge in [0, 0.05) is 23.8 Å². The molecule has 0 aromatic heterocycles. The van der Waals surface area contributed by atoms with Crippen molar-refractivity contribution in [2.45, 2.75) is 24.8 Å². The molecule has 0 saturated heterocycles. The molecule has 0 heterocycles. The predicted octanol–water partition coefficient (Wildman–Crippen LogP) is 5.56. The lowest BCUT2D eigenvalue weighted by Gasteiger charge is -2.27. The second-order valence-corrected chi connectivity index (χ2v) is 7.19. The smallest absolute Gasteiger partial charge is 0.462 e. The van der Waals surface area contributed by atoms with Crippen LogP contribution >= 0.6 is 15.9 Å². The molecule has 0 radical (unpaired) electrons. The summed E-state index contributed by atoms with van der Waals surface area (Å²) < 4.78 is 93.7. The van der Waals surface area contributed by atoms with Crippen molar-refractivity contribution in [3.63, 3.8) is 0 Å². The number of rotatable bonds is 9. The summed E-state index contributed by atoms with van der Waals surface area (Å²) >= 11 is 2.94. The van der Waals surface area contributed by atoms with Crippen molar-refractivity contribution in [1.29, 1.82) is 0 Å².